The molecular formula is C19H32N4O. The highest BCUT2D eigenvalue weighted by Gasteiger charge is 2.23. The van der Waals surface area contributed by atoms with Gasteiger partial charge in [0.05, 0.1) is 12.1 Å². The molecule has 1 heterocycles. The number of guanidine groups is 1. The van der Waals surface area contributed by atoms with Gasteiger partial charge in [-0.05, 0) is 45.2 Å². The fraction of sp³-hybridized carbons (Fsp3) is 0.632. The SMILES string of the molecule is CCNC(=NCC(C)(C)OC)NCC1CCN(c2ccccc2)C1. The van der Waals surface area contributed by atoms with E-state index in [1.54, 1.807) is 7.11 Å². The molecule has 5 heteroatoms. The number of aliphatic imine (C=N–C) groups is 1. The molecule has 1 aromatic rings. The Morgan fingerprint density at radius 1 is 1.29 bits per heavy atom. The maximum absolute atomic E-state index is 5.44. The van der Waals surface area contributed by atoms with Crippen molar-refractivity contribution < 1.29 is 4.74 Å². The van der Waals surface area contributed by atoms with E-state index in [1.807, 2.05) is 0 Å². The zero-order valence-corrected chi connectivity index (χ0v) is 15.5. The Bertz CT molecular complexity index is 515. The van der Waals surface area contributed by atoms with Crippen LogP contribution in [-0.4, -0.2) is 51.4 Å². The number of para-hydroxylation sites is 1. The third kappa shape index (κ3) is 5.71. The first-order valence-corrected chi connectivity index (χ1v) is 8.91. The molecule has 0 radical (unpaired) electrons. The molecular weight excluding hydrogens is 300 g/mol. The van der Waals surface area contributed by atoms with Crippen LogP contribution in [0.25, 0.3) is 0 Å². The number of anilines is 1. The van der Waals surface area contributed by atoms with Gasteiger partial charge in [-0.25, -0.2) is 0 Å². The quantitative estimate of drug-likeness (QED) is 0.595. The molecule has 134 valence electrons. The highest BCUT2D eigenvalue weighted by atomic mass is 16.5. The Kier molecular flexibility index (Phi) is 6.91. The van der Waals surface area contributed by atoms with Gasteiger partial charge in [0.2, 0.25) is 0 Å². The molecule has 1 aliphatic rings. The number of nitrogens with one attached hydrogen (secondary N) is 2. The molecule has 0 bridgehead atoms. The summed E-state index contributed by atoms with van der Waals surface area (Å²) >= 11 is 0. The number of ether oxygens (including phenoxy) is 1. The van der Waals surface area contributed by atoms with E-state index < -0.39 is 0 Å². The Balaban J connectivity index is 1.83. The predicted molar refractivity (Wildman–Crippen MR) is 102 cm³/mol. The van der Waals surface area contributed by atoms with Gasteiger partial charge in [-0.2, -0.15) is 0 Å². The van der Waals surface area contributed by atoms with E-state index in [0.29, 0.717) is 12.5 Å². The number of methoxy groups -OCH3 is 1. The second kappa shape index (κ2) is 8.92. The van der Waals surface area contributed by atoms with Crippen molar-refractivity contribution >= 4 is 11.6 Å². The van der Waals surface area contributed by atoms with Crippen LogP contribution in [0, 0.1) is 5.92 Å². The van der Waals surface area contributed by atoms with Gasteiger partial charge < -0.3 is 20.3 Å². The number of benzene rings is 1. The van der Waals surface area contributed by atoms with Crippen LogP contribution in [0.15, 0.2) is 35.3 Å². The first-order chi connectivity index (χ1) is 11.5. The summed E-state index contributed by atoms with van der Waals surface area (Å²) in [4.78, 5) is 7.11. The Morgan fingerprint density at radius 3 is 2.71 bits per heavy atom. The lowest BCUT2D eigenvalue weighted by atomic mass is 10.1. The number of nitrogens with zero attached hydrogens (tertiary/aromatic N) is 2. The normalized spacial score (nSPS) is 18.8. The van der Waals surface area contributed by atoms with Crippen LogP contribution >= 0.6 is 0 Å². The topological polar surface area (TPSA) is 48.9 Å². The standard InChI is InChI=1S/C19H32N4O/c1-5-20-18(22-15-19(2,3)24-4)21-13-16-11-12-23(14-16)17-9-7-6-8-10-17/h6-10,16H,5,11-15H2,1-4H3,(H2,20,21,22). The van der Waals surface area contributed by atoms with Gasteiger partial charge in [0, 0.05) is 39.0 Å². The minimum atomic E-state index is -0.236. The van der Waals surface area contributed by atoms with Crippen LogP contribution in [0.5, 0.6) is 0 Å². The van der Waals surface area contributed by atoms with Gasteiger partial charge in [0.1, 0.15) is 0 Å². The molecule has 2 rings (SSSR count). The first-order valence-electron chi connectivity index (χ1n) is 8.91. The van der Waals surface area contributed by atoms with Crippen molar-refractivity contribution in [2.24, 2.45) is 10.9 Å². The van der Waals surface area contributed by atoms with E-state index >= 15 is 0 Å². The fourth-order valence-corrected chi connectivity index (χ4v) is 2.79. The Morgan fingerprint density at radius 2 is 2.04 bits per heavy atom. The van der Waals surface area contributed by atoms with Crippen LogP contribution in [0.3, 0.4) is 0 Å². The molecule has 1 unspecified atom stereocenters. The number of rotatable bonds is 7. The average Bonchev–Trinajstić information content (AvgIpc) is 3.07. The maximum atomic E-state index is 5.44. The maximum Gasteiger partial charge on any atom is 0.191 e. The van der Waals surface area contributed by atoms with Crippen molar-refractivity contribution in [3.8, 4) is 0 Å². The minimum absolute atomic E-state index is 0.236. The molecule has 1 aromatic carbocycles. The van der Waals surface area contributed by atoms with Gasteiger partial charge in [0.15, 0.2) is 5.96 Å². The molecule has 0 amide bonds. The van der Waals surface area contributed by atoms with E-state index in [-0.39, 0.29) is 5.60 Å². The average molecular weight is 332 g/mol. The molecule has 5 nitrogen and oxygen atoms in total. The van der Waals surface area contributed by atoms with E-state index in [9.17, 15) is 0 Å². The van der Waals surface area contributed by atoms with Crippen molar-refractivity contribution in [3.63, 3.8) is 0 Å². The highest BCUT2D eigenvalue weighted by molar-refractivity contribution is 5.79. The van der Waals surface area contributed by atoms with Crippen LogP contribution in [0.4, 0.5) is 5.69 Å². The molecule has 1 atom stereocenters. The lowest BCUT2D eigenvalue weighted by Crippen LogP contribution is -2.41. The highest BCUT2D eigenvalue weighted by Crippen LogP contribution is 2.22. The molecule has 0 saturated carbocycles. The molecule has 1 saturated heterocycles. The van der Waals surface area contributed by atoms with E-state index in [0.717, 1.165) is 32.1 Å². The largest absolute Gasteiger partial charge is 0.377 e. The van der Waals surface area contributed by atoms with Crippen LogP contribution < -0.4 is 15.5 Å². The molecule has 0 spiro atoms. The first kappa shape index (κ1) is 18.6. The summed E-state index contributed by atoms with van der Waals surface area (Å²) in [6.45, 7) is 10.9. The summed E-state index contributed by atoms with van der Waals surface area (Å²) in [6, 6.07) is 10.7. The van der Waals surface area contributed by atoms with E-state index in [1.165, 1.54) is 12.1 Å². The van der Waals surface area contributed by atoms with Crippen LogP contribution in [-0.2, 0) is 4.74 Å². The minimum Gasteiger partial charge on any atom is -0.377 e. The molecule has 2 N–H and O–H groups in total. The summed E-state index contributed by atoms with van der Waals surface area (Å²) in [5.41, 5.74) is 1.09. The van der Waals surface area contributed by atoms with Crippen molar-refractivity contribution in [3.05, 3.63) is 30.3 Å². The van der Waals surface area contributed by atoms with Crippen molar-refractivity contribution in [2.45, 2.75) is 32.8 Å². The van der Waals surface area contributed by atoms with E-state index in [2.05, 4.69) is 71.6 Å². The molecule has 1 fully saturated rings. The fourth-order valence-electron chi connectivity index (χ4n) is 2.79. The predicted octanol–water partition coefficient (Wildman–Crippen LogP) is 2.49. The summed E-state index contributed by atoms with van der Waals surface area (Å²) < 4.78 is 5.44. The zero-order valence-electron chi connectivity index (χ0n) is 15.5. The number of hydrogen-bond donors (Lipinski definition) is 2. The Hall–Kier alpha value is -1.75. The van der Waals surface area contributed by atoms with Crippen molar-refractivity contribution in [1.29, 1.82) is 0 Å². The van der Waals surface area contributed by atoms with Crippen LogP contribution in [0.2, 0.25) is 0 Å². The molecule has 1 aliphatic heterocycles. The molecule has 24 heavy (non-hydrogen) atoms. The summed E-state index contributed by atoms with van der Waals surface area (Å²) in [5, 5.41) is 6.80. The van der Waals surface area contributed by atoms with Gasteiger partial charge >= 0.3 is 0 Å². The second-order valence-electron chi connectivity index (χ2n) is 6.98. The van der Waals surface area contributed by atoms with E-state index in [4.69, 9.17) is 4.74 Å². The van der Waals surface area contributed by atoms with Gasteiger partial charge in [-0.3, -0.25) is 4.99 Å². The summed E-state index contributed by atoms with van der Waals surface area (Å²) in [7, 11) is 1.73. The molecule has 0 aliphatic carbocycles. The van der Waals surface area contributed by atoms with Crippen molar-refractivity contribution in [1.82, 2.24) is 10.6 Å². The molecule has 0 aromatic heterocycles. The number of hydrogen-bond acceptors (Lipinski definition) is 3. The summed E-state index contributed by atoms with van der Waals surface area (Å²) in [6.07, 6.45) is 1.21. The van der Waals surface area contributed by atoms with Gasteiger partial charge in [-0.15, -0.1) is 0 Å². The Labute approximate surface area is 146 Å². The van der Waals surface area contributed by atoms with Gasteiger partial charge in [0.25, 0.3) is 0 Å². The monoisotopic (exact) mass is 332 g/mol. The van der Waals surface area contributed by atoms with Crippen molar-refractivity contribution in [2.75, 3.05) is 44.7 Å². The zero-order chi connectivity index (χ0) is 17.4. The smallest absolute Gasteiger partial charge is 0.191 e. The van der Waals surface area contributed by atoms with Crippen LogP contribution in [0.1, 0.15) is 27.2 Å². The second-order valence-corrected chi connectivity index (χ2v) is 6.98. The van der Waals surface area contributed by atoms with Gasteiger partial charge in [-0.1, -0.05) is 18.2 Å². The third-order valence-electron chi connectivity index (χ3n) is 4.48. The lowest BCUT2D eigenvalue weighted by molar-refractivity contribution is 0.0310. The lowest BCUT2D eigenvalue weighted by Gasteiger charge is -2.22. The third-order valence-corrected chi connectivity index (χ3v) is 4.48. The summed E-state index contributed by atoms with van der Waals surface area (Å²) in [5.74, 6) is 1.52.